The molecule has 15 heavy (non-hydrogen) atoms. The van der Waals surface area contributed by atoms with Gasteiger partial charge in [0.2, 0.25) is 0 Å². The van der Waals surface area contributed by atoms with Crippen LogP contribution in [-0.2, 0) is 0 Å². The molecule has 0 aliphatic rings. The Labute approximate surface area is 102 Å². The third-order valence-electron chi connectivity index (χ3n) is 3.96. The molecule has 0 aromatic heterocycles. The summed E-state index contributed by atoms with van der Waals surface area (Å²) in [5.74, 6) is 2.12. The Morgan fingerprint density at radius 3 is 2.00 bits per heavy atom. The Bertz CT molecular complexity index is 207. The zero-order valence-corrected chi connectivity index (χ0v) is 12.2. The number of hydrogen-bond donors (Lipinski definition) is 1. The van der Waals surface area contributed by atoms with Crippen molar-refractivity contribution in [3.8, 4) is 0 Å². The smallest absolute Gasteiger partial charge is 0.0355 e. The zero-order chi connectivity index (χ0) is 12.2. The van der Waals surface area contributed by atoms with Crippen LogP contribution in [0.5, 0.6) is 0 Å². The first-order valence-electron chi connectivity index (χ1n) is 6.14. The van der Waals surface area contributed by atoms with E-state index in [1.54, 1.807) is 0 Å². The molecule has 0 fully saturated rings. The van der Waals surface area contributed by atoms with Gasteiger partial charge in [-0.15, -0.1) is 0 Å². The lowest BCUT2D eigenvalue weighted by atomic mass is 9.78. The lowest BCUT2D eigenvalue weighted by Crippen LogP contribution is -2.32. The van der Waals surface area contributed by atoms with Gasteiger partial charge in [-0.1, -0.05) is 46.8 Å². The van der Waals surface area contributed by atoms with Gasteiger partial charge in [0.25, 0.3) is 0 Å². The highest BCUT2D eigenvalue weighted by Gasteiger charge is 2.32. The Morgan fingerprint density at radius 1 is 1.27 bits per heavy atom. The predicted octanol–water partition coefficient (Wildman–Crippen LogP) is 4.96. The Kier molecular flexibility index (Phi) is 6.02. The lowest BCUT2D eigenvalue weighted by molar-refractivity contribution is 0.297. The fraction of sp³-hybridized carbons (Fsp3) is 0.857. The third-order valence-corrected chi connectivity index (χ3v) is 5.10. The maximum atomic E-state index is 4.85. The second-order valence-corrected chi connectivity index (χ2v) is 6.21. The van der Waals surface area contributed by atoms with Gasteiger partial charge in [0.15, 0.2) is 0 Å². The predicted molar refractivity (Wildman–Crippen MR) is 74.6 cm³/mol. The van der Waals surface area contributed by atoms with Crippen molar-refractivity contribution in [2.24, 2.45) is 17.8 Å². The number of thiol groups is 1. The summed E-state index contributed by atoms with van der Waals surface area (Å²) in [6.45, 7) is 17.6. The Morgan fingerprint density at radius 2 is 1.73 bits per heavy atom. The summed E-state index contributed by atoms with van der Waals surface area (Å²) < 4.78 is 0.0170. The second kappa shape index (κ2) is 5.98. The van der Waals surface area contributed by atoms with E-state index in [-0.39, 0.29) is 4.75 Å². The average molecular weight is 228 g/mol. The number of hydrogen-bond acceptors (Lipinski definition) is 1. The Balaban J connectivity index is 4.54. The standard InChI is InChI=1S/C14H28S/c1-8-14(15,11(4)5)13(7)9-12(6)10(2)3/h10,12-13,15H,4,8-9H2,1-3,5-7H3. The van der Waals surface area contributed by atoms with Crippen LogP contribution in [0.2, 0.25) is 0 Å². The van der Waals surface area contributed by atoms with Gasteiger partial charge >= 0.3 is 0 Å². The SMILES string of the molecule is C=C(C)C(S)(CC)C(C)CC(C)C(C)C. The molecule has 0 aliphatic heterocycles. The molecule has 0 saturated heterocycles. The van der Waals surface area contributed by atoms with Crippen LogP contribution in [0.25, 0.3) is 0 Å². The van der Waals surface area contributed by atoms with Gasteiger partial charge in [-0.05, 0) is 37.5 Å². The van der Waals surface area contributed by atoms with E-state index in [4.69, 9.17) is 12.6 Å². The van der Waals surface area contributed by atoms with E-state index in [1.807, 2.05) is 0 Å². The summed E-state index contributed by atoms with van der Waals surface area (Å²) in [7, 11) is 0. The molecule has 0 spiro atoms. The summed E-state index contributed by atoms with van der Waals surface area (Å²) >= 11 is 4.85. The van der Waals surface area contributed by atoms with Crippen LogP contribution in [0.4, 0.5) is 0 Å². The Hall–Kier alpha value is 0.0900. The molecule has 3 unspecified atom stereocenters. The molecule has 3 atom stereocenters. The van der Waals surface area contributed by atoms with E-state index in [2.05, 4.69) is 48.1 Å². The van der Waals surface area contributed by atoms with Gasteiger partial charge in [0.1, 0.15) is 0 Å². The van der Waals surface area contributed by atoms with Crippen LogP contribution in [0.15, 0.2) is 12.2 Å². The molecule has 90 valence electrons. The third kappa shape index (κ3) is 3.86. The van der Waals surface area contributed by atoms with E-state index >= 15 is 0 Å². The van der Waals surface area contributed by atoms with E-state index < -0.39 is 0 Å². The minimum absolute atomic E-state index is 0.0170. The van der Waals surface area contributed by atoms with Gasteiger partial charge < -0.3 is 0 Å². The van der Waals surface area contributed by atoms with Gasteiger partial charge in [-0.3, -0.25) is 0 Å². The minimum atomic E-state index is 0.0170. The fourth-order valence-corrected chi connectivity index (χ4v) is 2.20. The van der Waals surface area contributed by atoms with E-state index in [0.29, 0.717) is 5.92 Å². The second-order valence-electron chi connectivity index (χ2n) is 5.42. The molecule has 0 heterocycles. The summed E-state index contributed by atoms with van der Waals surface area (Å²) in [4.78, 5) is 0. The van der Waals surface area contributed by atoms with E-state index in [1.165, 1.54) is 12.0 Å². The molecular formula is C14H28S. The largest absolute Gasteiger partial charge is 0.168 e. The first kappa shape index (κ1) is 15.1. The molecule has 0 bridgehead atoms. The molecule has 0 N–H and O–H groups in total. The average Bonchev–Trinajstić information content (AvgIpc) is 2.15. The van der Waals surface area contributed by atoms with Crippen molar-refractivity contribution >= 4 is 12.6 Å². The summed E-state index contributed by atoms with van der Waals surface area (Å²) in [5, 5.41) is 0. The van der Waals surface area contributed by atoms with Crippen LogP contribution < -0.4 is 0 Å². The molecule has 0 nitrogen and oxygen atoms in total. The van der Waals surface area contributed by atoms with Crippen molar-refractivity contribution in [2.75, 3.05) is 0 Å². The molecule has 1 heteroatoms. The van der Waals surface area contributed by atoms with Crippen LogP contribution in [0.1, 0.15) is 54.4 Å². The topological polar surface area (TPSA) is 0 Å². The maximum Gasteiger partial charge on any atom is 0.0355 e. The fourth-order valence-electron chi connectivity index (χ4n) is 2.10. The normalized spacial score (nSPS) is 19.7. The number of rotatable bonds is 6. The molecule has 0 aromatic rings. The quantitative estimate of drug-likeness (QED) is 0.482. The van der Waals surface area contributed by atoms with Crippen LogP contribution >= 0.6 is 12.6 Å². The minimum Gasteiger partial charge on any atom is -0.168 e. The first-order valence-corrected chi connectivity index (χ1v) is 6.58. The maximum absolute atomic E-state index is 4.85. The van der Waals surface area contributed by atoms with E-state index in [9.17, 15) is 0 Å². The van der Waals surface area contributed by atoms with Gasteiger partial charge in [0, 0.05) is 4.75 Å². The van der Waals surface area contributed by atoms with Crippen molar-refractivity contribution in [3.63, 3.8) is 0 Å². The first-order chi connectivity index (χ1) is 6.75. The molecule has 0 saturated carbocycles. The highest BCUT2D eigenvalue weighted by Crippen LogP contribution is 2.39. The highest BCUT2D eigenvalue weighted by atomic mass is 32.1. The lowest BCUT2D eigenvalue weighted by Gasteiger charge is -2.36. The van der Waals surface area contributed by atoms with Gasteiger partial charge in [0.05, 0.1) is 0 Å². The van der Waals surface area contributed by atoms with Crippen LogP contribution in [0, 0.1) is 17.8 Å². The molecule has 0 rings (SSSR count). The van der Waals surface area contributed by atoms with Crippen molar-refractivity contribution < 1.29 is 0 Å². The van der Waals surface area contributed by atoms with Gasteiger partial charge in [-0.25, -0.2) is 0 Å². The molecule has 0 amide bonds. The molecular weight excluding hydrogens is 200 g/mol. The highest BCUT2D eigenvalue weighted by molar-refractivity contribution is 7.82. The summed E-state index contributed by atoms with van der Waals surface area (Å²) in [6.07, 6.45) is 2.30. The van der Waals surface area contributed by atoms with Crippen molar-refractivity contribution in [1.29, 1.82) is 0 Å². The molecule has 0 radical (unpaired) electrons. The summed E-state index contributed by atoms with van der Waals surface area (Å²) in [5.41, 5.74) is 1.21. The van der Waals surface area contributed by atoms with Crippen molar-refractivity contribution in [2.45, 2.75) is 59.1 Å². The zero-order valence-electron chi connectivity index (χ0n) is 11.3. The van der Waals surface area contributed by atoms with Crippen molar-refractivity contribution in [1.82, 2.24) is 0 Å². The monoisotopic (exact) mass is 228 g/mol. The van der Waals surface area contributed by atoms with Crippen LogP contribution in [0.3, 0.4) is 0 Å². The van der Waals surface area contributed by atoms with E-state index in [0.717, 1.165) is 18.3 Å². The molecule has 0 aromatic carbocycles. The van der Waals surface area contributed by atoms with Gasteiger partial charge in [-0.2, -0.15) is 12.6 Å². The van der Waals surface area contributed by atoms with Crippen LogP contribution in [-0.4, -0.2) is 4.75 Å². The summed E-state index contributed by atoms with van der Waals surface area (Å²) in [6, 6.07) is 0. The molecule has 0 aliphatic carbocycles. The van der Waals surface area contributed by atoms with Crippen molar-refractivity contribution in [3.05, 3.63) is 12.2 Å².